The third-order valence-electron chi connectivity index (χ3n) is 4.91. The molecule has 2 saturated heterocycles. The molecule has 12 heteroatoms. The number of urea groups is 1. The number of aliphatic carboxylic acids is 1. The molecule has 3 rings (SSSR count). The van der Waals surface area contributed by atoms with Gasteiger partial charge < -0.3 is 26.5 Å². The highest BCUT2D eigenvalue weighted by molar-refractivity contribution is 8.01. The first-order chi connectivity index (χ1) is 14.2. The van der Waals surface area contributed by atoms with Crippen molar-refractivity contribution >= 4 is 41.9 Å². The van der Waals surface area contributed by atoms with E-state index in [0.29, 0.717) is 5.56 Å². The van der Waals surface area contributed by atoms with Crippen LogP contribution in [0, 0.1) is 0 Å². The van der Waals surface area contributed by atoms with Crippen molar-refractivity contribution in [2.45, 2.75) is 42.1 Å². The van der Waals surface area contributed by atoms with Crippen LogP contribution >= 0.6 is 11.8 Å². The van der Waals surface area contributed by atoms with Crippen LogP contribution in [0.25, 0.3) is 0 Å². The predicted molar refractivity (Wildman–Crippen MR) is 109 cm³/mol. The lowest BCUT2D eigenvalue weighted by atomic mass is 9.95. The molecule has 2 aliphatic rings. The van der Waals surface area contributed by atoms with Gasteiger partial charge in [0.05, 0.1) is 0 Å². The van der Waals surface area contributed by atoms with E-state index in [2.05, 4.69) is 21.1 Å². The molecule has 30 heavy (non-hydrogen) atoms. The predicted octanol–water partition coefficient (Wildman–Crippen LogP) is -0.439. The van der Waals surface area contributed by atoms with Crippen LogP contribution in [0.1, 0.15) is 25.5 Å². The number of carboxylic acid groups (broad SMARTS) is 1. The van der Waals surface area contributed by atoms with E-state index in [4.69, 9.17) is 5.84 Å². The average Bonchev–Trinajstić information content (AvgIpc) is 2.97. The Bertz CT molecular complexity index is 892. The van der Waals surface area contributed by atoms with Crippen molar-refractivity contribution in [3.05, 3.63) is 35.9 Å². The number of hydrazone groups is 1. The van der Waals surface area contributed by atoms with Gasteiger partial charge in [0, 0.05) is 4.75 Å². The zero-order valence-corrected chi connectivity index (χ0v) is 17.1. The monoisotopic (exact) mass is 434 g/mol. The molecule has 0 saturated carbocycles. The van der Waals surface area contributed by atoms with Gasteiger partial charge in [0.25, 0.3) is 0 Å². The number of carbonyl (C=O) groups is 4. The first-order valence-electron chi connectivity index (χ1n) is 9.04. The van der Waals surface area contributed by atoms with Crippen molar-refractivity contribution in [1.82, 2.24) is 20.9 Å². The summed E-state index contributed by atoms with van der Waals surface area (Å²) in [6.45, 7) is 3.50. The van der Waals surface area contributed by atoms with Crippen molar-refractivity contribution in [2.24, 2.45) is 10.9 Å². The van der Waals surface area contributed by atoms with Gasteiger partial charge in [0.2, 0.25) is 11.8 Å². The van der Waals surface area contributed by atoms with E-state index in [-0.39, 0.29) is 0 Å². The van der Waals surface area contributed by atoms with Crippen LogP contribution in [0.3, 0.4) is 0 Å². The minimum absolute atomic E-state index is 0.467. The molecule has 1 aromatic carbocycles. The molecule has 160 valence electrons. The maximum atomic E-state index is 13.0. The Morgan fingerprint density at radius 1 is 1.30 bits per heavy atom. The molecule has 4 atom stereocenters. The molecule has 0 spiro atoms. The van der Waals surface area contributed by atoms with Gasteiger partial charge in [-0.15, -0.1) is 11.8 Å². The van der Waals surface area contributed by atoms with Crippen molar-refractivity contribution < 1.29 is 24.3 Å². The van der Waals surface area contributed by atoms with Gasteiger partial charge in [0.1, 0.15) is 29.8 Å². The summed E-state index contributed by atoms with van der Waals surface area (Å²) < 4.78 is -0.704. The molecule has 11 nitrogen and oxygen atoms in total. The van der Waals surface area contributed by atoms with Crippen molar-refractivity contribution in [2.75, 3.05) is 0 Å². The Balaban J connectivity index is 1.76. The zero-order valence-electron chi connectivity index (χ0n) is 16.2. The number of hydrogen-bond acceptors (Lipinski definition) is 7. The summed E-state index contributed by atoms with van der Waals surface area (Å²) in [5.74, 6) is 2.79. The largest absolute Gasteiger partial charge is 0.480 e. The van der Waals surface area contributed by atoms with Crippen molar-refractivity contribution in [1.29, 1.82) is 0 Å². The molecular formula is C18H22N6O5S. The fourth-order valence-corrected chi connectivity index (χ4v) is 5.22. The quantitative estimate of drug-likeness (QED) is 0.133. The molecule has 0 aliphatic carbocycles. The summed E-state index contributed by atoms with van der Waals surface area (Å²) >= 11 is 1.32. The lowest BCUT2D eigenvalue weighted by Crippen LogP contribution is -2.71. The number of fused-ring (bicyclic) bond motifs is 1. The van der Waals surface area contributed by atoms with Crippen LogP contribution in [0.5, 0.6) is 0 Å². The van der Waals surface area contributed by atoms with E-state index in [1.54, 1.807) is 44.2 Å². The molecule has 1 aromatic rings. The van der Waals surface area contributed by atoms with Crippen molar-refractivity contribution in [3.8, 4) is 0 Å². The SMILES string of the molecule is CC1(C)S[C@@H]2[C@H](NC(=O)[C@H](NC(=O)N/C=N/N)c3ccccc3)C(=O)N2[C@H]1C(=O)O. The minimum Gasteiger partial charge on any atom is -0.480 e. The Labute approximate surface area is 176 Å². The lowest BCUT2D eigenvalue weighted by molar-refractivity contribution is -0.161. The van der Waals surface area contributed by atoms with Crippen LogP contribution in [-0.4, -0.2) is 62.4 Å². The second-order valence-corrected chi connectivity index (χ2v) is 9.09. The Morgan fingerprint density at radius 2 is 1.97 bits per heavy atom. The van der Waals surface area contributed by atoms with Crippen LogP contribution in [0.4, 0.5) is 4.79 Å². The summed E-state index contributed by atoms with van der Waals surface area (Å²) in [7, 11) is 0. The summed E-state index contributed by atoms with van der Waals surface area (Å²) in [6, 6.07) is 4.83. The summed E-state index contributed by atoms with van der Waals surface area (Å²) in [5.41, 5.74) is 0.501. The van der Waals surface area contributed by atoms with Gasteiger partial charge in [0.15, 0.2) is 0 Å². The molecule has 0 radical (unpaired) electrons. The number of amides is 4. The van der Waals surface area contributed by atoms with E-state index in [1.165, 1.54) is 16.7 Å². The summed E-state index contributed by atoms with van der Waals surface area (Å²) in [5, 5.41) is 19.6. The fraction of sp³-hybridized carbons (Fsp3) is 0.389. The maximum Gasteiger partial charge on any atom is 0.327 e. The molecule has 2 fully saturated rings. The first kappa shape index (κ1) is 21.4. The van der Waals surface area contributed by atoms with Gasteiger partial charge in [-0.25, -0.2) is 9.59 Å². The van der Waals surface area contributed by atoms with Crippen LogP contribution in [-0.2, 0) is 14.4 Å². The normalized spacial score (nSPS) is 25.2. The van der Waals surface area contributed by atoms with E-state index in [9.17, 15) is 24.3 Å². The number of thioether (sulfide) groups is 1. The zero-order chi connectivity index (χ0) is 22.1. The molecule has 0 bridgehead atoms. The summed E-state index contributed by atoms with van der Waals surface area (Å²) in [4.78, 5) is 50.5. The third kappa shape index (κ3) is 3.90. The molecule has 6 N–H and O–H groups in total. The topological polar surface area (TPSA) is 166 Å². The fourth-order valence-electron chi connectivity index (χ4n) is 3.60. The van der Waals surface area contributed by atoms with Gasteiger partial charge in [-0.3, -0.25) is 14.9 Å². The highest BCUT2D eigenvalue weighted by atomic mass is 32.2. The highest BCUT2D eigenvalue weighted by Gasteiger charge is 2.64. The molecule has 4 amide bonds. The van der Waals surface area contributed by atoms with Gasteiger partial charge in [-0.05, 0) is 19.4 Å². The number of hydrogen-bond donors (Lipinski definition) is 5. The number of carbonyl (C=O) groups excluding carboxylic acids is 3. The second kappa shape index (κ2) is 8.22. The number of nitrogens with zero attached hydrogens (tertiary/aromatic N) is 2. The highest BCUT2D eigenvalue weighted by Crippen LogP contribution is 2.50. The Morgan fingerprint density at radius 3 is 2.57 bits per heavy atom. The summed E-state index contributed by atoms with van der Waals surface area (Å²) in [6.07, 6.45) is 0.964. The van der Waals surface area contributed by atoms with E-state index < -0.39 is 52.1 Å². The smallest absolute Gasteiger partial charge is 0.327 e. The van der Waals surface area contributed by atoms with Gasteiger partial charge in [-0.1, -0.05) is 30.3 Å². The van der Waals surface area contributed by atoms with E-state index >= 15 is 0 Å². The molecular weight excluding hydrogens is 412 g/mol. The maximum absolute atomic E-state index is 13.0. The molecule has 0 aromatic heterocycles. The second-order valence-electron chi connectivity index (χ2n) is 7.32. The number of benzene rings is 1. The van der Waals surface area contributed by atoms with Crippen molar-refractivity contribution in [3.63, 3.8) is 0 Å². The van der Waals surface area contributed by atoms with Crippen LogP contribution < -0.4 is 21.8 Å². The third-order valence-corrected chi connectivity index (χ3v) is 6.48. The number of β-lactam (4-membered cyclic amide) rings is 1. The molecule has 2 aliphatic heterocycles. The molecule has 2 heterocycles. The van der Waals surface area contributed by atoms with Gasteiger partial charge in [-0.2, -0.15) is 5.10 Å². The van der Waals surface area contributed by atoms with Crippen LogP contribution in [0.2, 0.25) is 0 Å². The number of carboxylic acids is 1. The first-order valence-corrected chi connectivity index (χ1v) is 9.92. The van der Waals surface area contributed by atoms with E-state index in [0.717, 1.165) is 6.34 Å². The van der Waals surface area contributed by atoms with E-state index in [1.807, 2.05) is 0 Å². The van der Waals surface area contributed by atoms with Crippen LogP contribution in [0.15, 0.2) is 35.4 Å². The standard InChI is InChI=1S/C18H22N6O5S/c1-18(2)12(16(27)28)24-14(26)11(15(24)30-18)22-13(25)10(9-6-4-3-5-7-9)23-17(29)20-8-21-19/h3-8,10-12,15H,19H2,1-2H3,(H,22,25)(H,27,28)(H2,20,21,23,29)/t10-,11-,12+,15-/m1/s1. The average molecular weight is 434 g/mol. The lowest BCUT2D eigenvalue weighted by Gasteiger charge is -2.44. The van der Waals surface area contributed by atoms with Gasteiger partial charge >= 0.3 is 12.0 Å². The number of rotatable bonds is 6. The number of nitrogens with one attached hydrogen (secondary N) is 3. The molecule has 0 unspecified atom stereocenters. The Hall–Kier alpha value is -3.28. The number of nitrogens with two attached hydrogens (primary N) is 1. The minimum atomic E-state index is -1.09. The Kier molecular flexibility index (Phi) is 5.87.